The van der Waals surface area contributed by atoms with Crippen LogP contribution < -0.4 is 0 Å². The number of esters is 2. The van der Waals surface area contributed by atoms with Crippen LogP contribution in [0.25, 0.3) is 0 Å². The molecule has 0 heterocycles. The van der Waals surface area contributed by atoms with Crippen molar-refractivity contribution in [1.29, 1.82) is 0 Å². The Bertz CT molecular complexity index is 1200. The first-order valence-electron chi connectivity index (χ1n) is 16.2. The van der Waals surface area contributed by atoms with Gasteiger partial charge in [0.15, 0.2) is 0 Å². The van der Waals surface area contributed by atoms with Gasteiger partial charge in [-0.15, -0.1) is 0 Å². The average molecular weight is 631 g/mol. The Hall–Kier alpha value is -3.14. The molecule has 0 radical (unpaired) electrons. The number of carbonyl (C=O) groups excluding carboxylic acids is 2. The molecule has 0 bridgehead atoms. The Morgan fingerprint density at radius 2 is 1.00 bits per heavy atom. The molecule has 9 nitrogen and oxygen atoms in total. The zero-order valence-corrected chi connectivity index (χ0v) is 28.3. The van der Waals surface area contributed by atoms with Gasteiger partial charge in [0.05, 0.1) is 49.3 Å². The molecule has 2 N–H and O–H groups in total. The second kappa shape index (κ2) is 19.4. The monoisotopic (exact) mass is 630 g/mol. The SMILES string of the molecule is CCCC(C)c1cc(C(=O)OCC(C)OCC(C)OCC(C)OCC(C)OC(=O)c2ccc(O)c(C(C)CCC)c2)ccc1O. The Morgan fingerprint density at radius 1 is 0.600 bits per heavy atom. The molecule has 9 heteroatoms. The molecule has 0 saturated heterocycles. The van der Waals surface area contributed by atoms with Crippen molar-refractivity contribution in [3.05, 3.63) is 58.7 Å². The van der Waals surface area contributed by atoms with Crippen LogP contribution in [0, 0.1) is 0 Å². The summed E-state index contributed by atoms with van der Waals surface area (Å²) in [6.07, 6.45) is 2.53. The quantitative estimate of drug-likeness (QED) is 0.143. The van der Waals surface area contributed by atoms with E-state index in [2.05, 4.69) is 13.8 Å². The number of hydrogen-bond donors (Lipinski definition) is 2. The third-order valence-electron chi connectivity index (χ3n) is 7.64. The molecule has 2 rings (SSSR count). The standard InChI is InChI=1S/C36H54O9/c1-9-11-23(3)31-17-29(13-15-33(31)37)35(39)44-21-27(7)42-19-25(5)41-20-26(6)43-22-28(8)45-36(40)30-14-16-34(38)32(18-30)24(4)12-10-2/h13-18,23-28,37-38H,9-12,19-22H2,1-8H3. The first-order valence-corrected chi connectivity index (χ1v) is 16.2. The zero-order chi connectivity index (χ0) is 33.5. The number of rotatable bonds is 20. The van der Waals surface area contributed by atoms with Crippen molar-refractivity contribution in [3.63, 3.8) is 0 Å². The summed E-state index contributed by atoms with van der Waals surface area (Å²) in [5.41, 5.74) is 2.29. The van der Waals surface area contributed by atoms with Crippen molar-refractivity contribution in [2.75, 3.05) is 26.4 Å². The van der Waals surface area contributed by atoms with Gasteiger partial charge in [0.1, 0.15) is 24.2 Å². The van der Waals surface area contributed by atoms with E-state index in [9.17, 15) is 19.8 Å². The van der Waals surface area contributed by atoms with Crippen LogP contribution in [0.5, 0.6) is 11.5 Å². The first kappa shape index (κ1) is 38.0. The number of carbonyl (C=O) groups is 2. The molecule has 6 unspecified atom stereocenters. The maximum atomic E-state index is 12.7. The molecular weight excluding hydrogens is 576 g/mol. The van der Waals surface area contributed by atoms with E-state index < -0.39 is 18.0 Å². The normalized spacial score (nSPS) is 15.5. The fraction of sp³-hybridized carbons (Fsp3) is 0.611. The highest BCUT2D eigenvalue weighted by molar-refractivity contribution is 5.90. The van der Waals surface area contributed by atoms with Gasteiger partial charge in [-0.2, -0.15) is 0 Å². The lowest BCUT2D eigenvalue weighted by molar-refractivity contribution is -0.0851. The van der Waals surface area contributed by atoms with Crippen LogP contribution in [0.3, 0.4) is 0 Å². The summed E-state index contributed by atoms with van der Waals surface area (Å²) in [6, 6.07) is 9.62. The summed E-state index contributed by atoms with van der Waals surface area (Å²) in [5.74, 6) is -0.258. The highest BCUT2D eigenvalue weighted by Gasteiger charge is 2.19. The van der Waals surface area contributed by atoms with E-state index >= 15 is 0 Å². The van der Waals surface area contributed by atoms with Crippen molar-refractivity contribution >= 4 is 11.9 Å². The predicted octanol–water partition coefficient (Wildman–Crippen LogP) is 7.52. The van der Waals surface area contributed by atoms with Crippen molar-refractivity contribution in [3.8, 4) is 11.5 Å². The van der Waals surface area contributed by atoms with E-state index in [0.717, 1.165) is 36.8 Å². The minimum absolute atomic E-state index is 0.0889. The molecule has 0 amide bonds. The van der Waals surface area contributed by atoms with Gasteiger partial charge in [0.25, 0.3) is 0 Å². The topological polar surface area (TPSA) is 121 Å². The van der Waals surface area contributed by atoms with Crippen LogP contribution in [0.1, 0.15) is 125 Å². The fourth-order valence-corrected chi connectivity index (χ4v) is 4.93. The summed E-state index contributed by atoms with van der Waals surface area (Å²) in [5, 5.41) is 20.4. The lowest BCUT2D eigenvalue weighted by Crippen LogP contribution is -2.29. The van der Waals surface area contributed by atoms with E-state index in [-0.39, 0.29) is 54.9 Å². The number of hydrogen-bond acceptors (Lipinski definition) is 9. The summed E-state index contributed by atoms with van der Waals surface area (Å²) < 4.78 is 28.5. The van der Waals surface area contributed by atoms with Crippen molar-refractivity contribution in [1.82, 2.24) is 0 Å². The third kappa shape index (κ3) is 13.0. The van der Waals surface area contributed by atoms with Crippen molar-refractivity contribution < 1.29 is 43.5 Å². The first-order chi connectivity index (χ1) is 21.4. The van der Waals surface area contributed by atoms with Crippen LogP contribution in [0.4, 0.5) is 0 Å². The fourth-order valence-electron chi connectivity index (χ4n) is 4.93. The van der Waals surface area contributed by atoms with Crippen LogP contribution in [-0.2, 0) is 23.7 Å². The molecule has 0 saturated carbocycles. The van der Waals surface area contributed by atoms with Crippen LogP contribution in [0.2, 0.25) is 0 Å². The Labute approximate surface area is 269 Å². The molecule has 252 valence electrons. The molecule has 0 aliphatic carbocycles. The lowest BCUT2D eigenvalue weighted by atomic mass is 9.94. The number of phenolic OH excluding ortho intramolecular Hbond substituents is 2. The van der Waals surface area contributed by atoms with Gasteiger partial charge < -0.3 is 33.9 Å². The minimum atomic E-state index is -0.470. The Morgan fingerprint density at radius 3 is 1.44 bits per heavy atom. The van der Waals surface area contributed by atoms with Gasteiger partial charge in [0.2, 0.25) is 0 Å². The predicted molar refractivity (Wildman–Crippen MR) is 174 cm³/mol. The largest absolute Gasteiger partial charge is 0.508 e. The molecule has 0 spiro atoms. The molecule has 45 heavy (non-hydrogen) atoms. The van der Waals surface area contributed by atoms with Crippen LogP contribution >= 0.6 is 0 Å². The van der Waals surface area contributed by atoms with Crippen molar-refractivity contribution in [2.45, 2.75) is 117 Å². The molecule has 2 aromatic carbocycles. The van der Waals surface area contributed by atoms with Gasteiger partial charge in [-0.3, -0.25) is 0 Å². The Kier molecular flexibility index (Phi) is 16.4. The second-order valence-electron chi connectivity index (χ2n) is 12.2. The number of aromatic hydroxyl groups is 2. The van der Waals surface area contributed by atoms with Gasteiger partial charge in [-0.1, -0.05) is 40.5 Å². The molecule has 0 aliphatic rings. The van der Waals surface area contributed by atoms with Gasteiger partial charge >= 0.3 is 11.9 Å². The lowest BCUT2D eigenvalue weighted by Gasteiger charge is -2.21. The smallest absolute Gasteiger partial charge is 0.338 e. The van der Waals surface area contributed by atoms with Crippen molar-refractivity contribution in [2.24, 2.45) is 0 Å². The summed E-state index contributed by atoms with van der Waals surface area (Å²) in [4.78, 5) is 25.3. The van der Waals surface area contributed by atoms with Crippen LogP contribution in [-0.4, -0.2) is 73.0 Å². The van der Waals surface area contributed by atoms with E-state index in [0.29, 0.717) is 24.3 Å². The number of ether oxygens (including phenoxy) is 5. The third-order valence-corrected chi connectivity index (χ3v) is 7.64. The highest BCUT2D eigenvalue weighted by atomic mass is 16.6. The zero-order valence-electron chi connectivity index (χ0n) is 28.3. The summed E-state index contributed by atoms with van der Waals surface area (Å²) in [7, 11) is 0. The average Bonchev–Trinajstić information content (AvgIpc) is 3.01. The second-order valence-corrected chi connectivity index (χ2v) is 12.2. The van der Waals surface area contributed by atoms with E-state index in [4.69, 9.17) is 23.7 Å². The number of phenols is 2. The minimum Gasteiger partial charge on any atom is -0.508 e. The molecule has 0 aliphatic heterocycles. The van der Waals surface area contributed by atoms with E-state index in [1.807, 2.05) is 34.6 Å². The number of benzene rings is 2. The van der Waals surface area contributed by atoms with E-state index in [1.54, 1.807) is 37.3 Å². The van der Waals surface area contributed by atoms with Crippen LogP contribution in [0.15, 0.2) is 36.4 Å². The molecule has 0 fully saturated rings. The molecule has 6 atom stereocenters. The Balaban J connectivity index is 1.68. The summed E-state index contributed by atoms with van der Waals surface area (Å²) >= 11 is 0. The molecular formula is C36H54O9. The summed E-state index contributed by atoms with van der Waals surface area (Å²) in [6.45, 7) is 16.5. The maximum absolute atomic E-state index is 12.7. The highest BCUT2D eigenvalue weighted by Crippen LogP contribution is 2.31. The molecule has 0 aromatic heterocycles. The molecule has 2 aromatic rings. The van der Waals surface area contributed by atoms with Gasteiger partial charge in [-0.25, -0.2) is 9.59 Å². The van der Waals surface area contributed by atoms with Gasteiger partial charge in [-0.05, 0) is 99.9 Å². The van der Waals surface area contributed by atoms with Gasteiger partial charge in [0, 0.05) is 0 Å². The maximum Gasteiger partial charge on any atom is 0.338 e. The van der Waals surface area contributed by atoms with E-state index in [1.165, 1.54) is 6.07 Å².